The lowest BCUT2D eigenvalue weighted by atomic mass is 10.1. The largest absolute Gasteiger partial charge is 0.481 e. The molecule has 0 atom stereocenters. The van der Waals surface area contributed by atoms with Crippen LogP contribution in [0.4, 0.5) is 8.78 Å². The van der Waals surface area contributed by atoms with E-state index in [2.05, 4.69) is 5.32 Å². The molecule has 5 heteroatoms. The van der Waals surface area contributed by atoms with Crippen LogP contribution in [0.5, 0.6) is 0 Å². The maximum absolute atomic E-state index is 12.3. The fourth-order valence-electron chi connectivity index (χ4n) is 1.38. The van der Waals surface area contributed by atoms with Gasteiger partial charge < -0.3 is 10.4 Å². The van der Waals surface area contributed by atoms with Gasteiger partial charge >= 0.3 is 5.97 Å². The molecule has 0 unspecified atom stereocenters. The highest BCUT2D eigenvalue weighted by Gasteiger charge is 2.05. The van der Waals surface area contributed by atoms with E-state index < -0.39 is 12.4 Å². The zero-order valence-corrected chi connectivity index (χ0v) is 9.33. The third kappa shape index (κ3) is 5.40. The van der Waals surface area contributed by atoms with Crippen LogP contribution in [0.3, 0.4) is 0 Å². The van der Waals surface area contributed by atoms with Gasteiger partial charge in [0.05, 0.1) is 0 Å². The van der Waals surface area contributed by atoms with Crippen LogP contribution >= 0.6 is 0 Å². The minimum absolute atomic E-state index is 0.0135. The molecule has 0 saturated carbocycles. The second-order valence-electron chi connectivity index (χ2n) is 3.72. The Kier molecular flexibility index (Phi) is 5.56. The molecular formula is C12H15F2NO2. The number of hydrogen-bond donors (Lipinski definition) is 2. The zero-order chi connectivity index (χ0) is 12.7. The Morgan fingerprint density at radius 2 is 1.94 bits per heavy atom. The summed E-state index contributed by atoms with van der Waals surface area (Å²) in [5.74, 6) is -0.812. The molecule has 0 heterocycles. The van der Waals surface area contributed by atoms with E-state index in [1.165, 1.54) is 12.1 Å². The summed E-state index contributed by atoms with van der Waals surface area (Å²) in [7, 11) is 0. The third-order valence-corrected chi connectivity index (χ3v) is 2.31. The Bertz CT molecular complexity index is 352. The van der Waals surface area contributed by atoms with Gasteiger partial charge in [0.1, 0.15) is 0 Å². The summed E-state index contributed by atoms with van der Waals surface area (Å²) in [5.41, 5.74) is 0.921. The molecule has 1 rings (SSSR count). The molecule has 3 nitrogen and oxygen atoms in total. The van der Waals surface area contributed by atoms with E-state index in [9.17, 15) is 13.6 Å². The first-order chi connectivity index (χ1) is 8.09. The normalized spacial score (nSPS) is 10.8. The molecule has 0 aromatic heterocycles. The number of hydrogen-bond acceptors (Lipinski definition) is 2. The Morgan fingerprint density at radius 1 is 1.29 bits per heavy atom. The standard InChI is InChI=1S/C12H15F2NO2/c13-12(14)10-5-3-9(4-6-10)8-15-7-1-2-11(16)17/h3-6,12,15H,1-2,7-8H2,(H,16,17). The molecule has 0 fully saturated rings. The van der Waals surface area contributed by atoms with Crippen molar-refractivity contribution in [3.05, 3.63) is 35.4 Å². The summed E-state index contributed by atoms with van der Waals surface area (Å²) in [6.45, 7) is 1.16. The van der Waals surface area contributed by atoms with Gasteiger partial charge in [0.2, 0.25) is 0 Å². The van der Waals surface area contributed by atoms with E-state index in [4.69, 9.17) is 5.11 Å². The average Bonchev–Trinajstić information content (AvgIpc) is 2.29. The van der Waals surface area contributed by atoms with Gasteiger partial charge in [-0.1, -0.05) is 24.3 Å². The fraction of sp³-hybridized carbons (Fsp3) is 0.417. The van der Waals surface area contributed by atoms with E-state index >= 15 is 0 Å². The molecule has 0 bridgehead atoms. The van der Waals surface area contributed by atoms with Gasteiger partial charge in [-0.05, 0) is 18.5 Å². The van der Waals surface area contributed by atoms with Crippen molar-refractivity contribution in [2.24, 2.45) is 0 Å². The van der Waals surface area contributed by atoms with Crippen molar-refractivity contribution < 1.29 is 18.7 Å². The number of carboxylic acids is 1. The molecule has 0 aliphatic heterocycles. The summed E-state index contributed by atoms with van der Waals surface area (Å²) >= 11 is 0. The number of rotatable bonds is 7. The molecule has 0 aliphatic rings. The van der Waals surface area contributed by atoms with Crippen LogP contribution in [0.2, 0.25) is 0 Å². The first kappa shape index (κ1) is 13.6. The first-order valence-electron chi connectivity index (χ1n) is 5.39. The molecule has 0 radical (unpaired) electrons. The number of nitrogens with one attached hydrogen (secondary N) is 1. The van der Waals surface area contributed by atoms with Crippen LogP contribution in [-0.2, 0) is 11.3 Å². The minimum Gasteiger partial charge on any atom is -0.481 e. The van der Waals surface area contributed by atoms with Crippen LogP contribution in [0.15, 0.2) is 24.3 Å². The van der Waals surface area contributed by atoms with Gasteiger partial charge in [-0.25, -0.2) is 8.78 Å². The average molecular weight is 243 g/mol. The molecule has 0 spiro atoms. The van der Waals surface area contributed by atoms with Crippen molar-refractivity contribution in [1.82, 2.24) is 5.32 Å². The van der Waals surface area contributed by atoms with Gasteiger partial charge in [0.25, 0.3) is 6.43 Å². The van der Waals surface area contributed by atoms with Crippen LogP contribution in [-0.4, -0.2) is 17.6 Å². The van der Waals surface area contributed by atoms with Crippen LogP contribution < -0.4 is 5.32 Å². The third-order valence-electron chi connectivity index (χ3n) is 2.31. The van der Waals surface area contributed by atoms with Gasteiger partial charge in [-0.2, -0.15) is 0 Å². The maximum Gasteiger partial charge on any atom is 0.303 e. The predicted octanol–water partition coefficient (Wildman–Crippen LogP) is 2.58. The summed E-state index contributed by atoms with van der Waals surface area (Å²) < 4.78 is 24.5. The van der Waals surface area contributed by atoms with Crippen LogP contribution in [0, 0.1) is 0 Å². The van der Waals surface area contributed by atoms with Crippen LogP contribution in [0.1, 0.15) is 30.4 Å². The minimum atomic E-state index is -2.44. The molecule has 17 heavy (non-hydrogen) atoms. The molecule has 1 aromatic rings. The van der Waals surface area contributed by atoms with Crippen molar-refractivity contribution in [3.8, 4) is 0 Å². The molecular weight excluding hydrogens is 228 g/mol. The Hall–Kier alpha value is -1.49. The highest BCUT2D eigenvalue weighted by molar-refractivity contribution is 5.66. The number of halogens is 2. The number of alkyl halides is 2. The molecule has 1 aromatic carbocycles. The summed E-state index contributed by atoms with van der Waals surface area (Å²) in [6, 6.07) is 6.09. The fourth-order valence-corrected chi connectivity index (χ4v) is 1.38. The number of carbonyl (C=O) groups is 1. The molecule has 0 saturated heterocycles. The molecule has 2 N–H and O–H groups in total. The Balaban J connectivity index is 2.25. The topological polar surface area (TPSA) is 49.3 Å². The predicted molar refractivity (Wildman–Crippen MR) is 60.0 cm³/mol. The van der Waals surface area contributed by atoms with Gasteiger partial charge in [-0.3, -0.25) is 4.79 Å². The smallest absolute Gasteiger partial charge is 0.303 e. The number of carboxylic acid groups (broad SMARTS) is 1. The summed E-state index contributed by atoms with van der Waals surface area (Å²) in [4.78, 5) is 10.2. The quantitative estimate of drug-likeness (QED) is 0.724. The van der Waals surface area contributed by atoms with Crippen molar-refractivity contribution in [1.29, 1.82) is 0 Å². The van der Waals surface area contributed by atoms with Gasteiger partial charge in [-0.15, -0.1) is 0 Å². The zero-order valence-electron chi connectivity index (χ0n) is 9.33. The Labute approximate surface area is 98.5 Å². The monoisotopic (exact) mass is 243 g/mol. The van der Waals surface area contributed by atoms with E-state index in [1.54, 1.807) is 12.1 Å². The molecule has 0 aliphatic carbocycles. The lowest BCUT2D eigenvalue weighted by Crippen LogP contribution is -2.15. The second-order valence-corrected chi connectivity index (χ2v) is 3.72. The lowest BCUT2D eigenvalue weighted by Gasteiger charge is -2.05. The van der Waals surface area contributed by atoms with E-state index in [1.807, 2.05) is 0 Å². The Morgan fingerprint density at radius 3 is 2.47 bits per heavy atom. The van der Waals surface area contributed by atoms with Crippen molar-refractivity contribution in [3.63, 3.8) is 0 Å². The lowest BCUT2D eigenvalue weighted by molar-refractivity contribution is -0.137. The first-order valence-corrected chi connectivity index (χ1v) is 5.39. The SMILES string of the molecule is O=C(O)CCCNCc1ccc(C(F)F)cc1. The van der Waals surface area contributed by atoms with E-state index in [0.717, 1.165) is 5.56 Å². The summed E-state index contributed by atoms with van der Waals surface area (Å²) in [5, 5.41) is 11.5. The second kappa shape index (κ2) is 6.96. The van der Waals surface area contributed by atoms with E-state index in [-0.39, 0.29) is 12.0 Å². The molecule has 0 amide bonds. The van der Waals surface area contributed by atoms with E-state index in [0.29, 0.717) is 19.5 Å². The van der Waals surface area contributed by atoms with Crippen molar-refractivity contribution in [2.75, 3.05) is 6.54 Å². The van der Waals surface area contributed by atoms with Gasteiger partial charge in [0.15, 0.2) is 0 Å². The van der Waals surface area contributed by atoms with Crippen LogP contribution in [0.25, 0.3) is 0 Å². The number of aliphatic carboxylic acids is 1. The number of benzene rings is 1. The van der Waals surface area contributed by atoms with Crippen molar-refractivity contribution in [2.45, 2.75) is 25.8 Å². The van der Waals surface area contributed by atoms with Crippen molar-refractivity contribution >= 4 is 5.97 Å². The highest BCUT2D eigenvalue weighted by Crippen LogP contribution is 2.18. The van der Waals surface area contributed by atoms with Gasteiger partial charge in [0, 0.05) is 18.5 Å². The highest BCUT2D eigenvalue weighted by atomic mass is 19.3. The maximum atomic E-state index is 12.3. The molecule has 94 valence electrons. The summed E-state index contributed by atoms with van der Waals surface area (Å²) in [6.07, 6.45) is -1.74.